The lowest BCUT2D eigenvalue weighted by Crippen LogP contribution is -2.46. The molecule has 1 aromatic heterocycles. The van der Waals surface area contributed by atoms with Crippen LogP contribution in [0.2, 0.25) is 10.0 Å². The number of rotatable bonds is 4. The molecule has 0 saturated carbocycles. The standard InChI is InChI=1S/C16H15Cl2N3O2S/c17-10-1-4-15(20-8-10)23-14-3-2-11(7-12(14)18)21-16(22)13-9-24-6-5-19-13/h1-4,7-8,13,19H,5-6,9H2,(H,21,22). The van der Waals surface area contributed by atoms with Gasteiger partial charge in [-0.1, -0.05) is 23.2 Å². The number of nitrogens with zero attached hydrogens (tertiary/aromatic N) is 1. The fourth-order valence-electron chi connectivity index (χ4n) is 2.16. The molecule has 3 rings (SSSR count). The fourth-order valence-corrected chi connectivity index (χ4v) is 3.42. The number of ether oxygens (including phenoxy) is 1. The Morgan fingerprint density at radius 2 is 2.21 bits per heavy atom. The van der Waals surface area contributed by atoms with Gasteiger partial charge < -0.3 is 15.4 Å². The molecule has 1 aromatic carbocycles. The molecule has 126 valence electrons. The Bertz CT molecular complexity index is 722. The summed E-state index contributed by atoms with van der Waals surface area (Å²) in [5, 5.41) is 6.97. The number of halogens is 2. The van der Waals surface area contributed by atoms with Crippen LogP contribution < -0.4 is 15.4 Å². The maximum Gasteiger partial charge on any atom is 0.242 e. The van der Waals surface area contributed by atoms with E-state index in [1.165, 1.54) is 6.20 Å². The van der Waals surface area contributed by atoms with E-state index in [1.54, 1.807) is 42.1 Å². The van der Waals surface area contributed by atoms with Gasteiger partial charge in [-0.05, 0) is 24.3 Å². The first-order chi connectivity index (χ1) is 11.6. The highest BCUT2D eigenvalue weighted by molar-refractivity contribution is 7.99. The van der Waals surface area contributed by atoms with Crippen molar-refractivity contribution in [1.29, 1.82) is 0 Å². The minimum absolute atomic E-state index is 0.0636. The Hall–Kier alpha value is -1.47. The smallest absolute Gasteiger partial charge is 0.242 e. The van der Waals surface area contributed by atoms with Crippen molar-refractivity contribution in [1.82, 2.24) is 10.3 Å². The number of pyridine rings is 1. The van der Waals surface area contributed by atoms with Gasteiger partial charge in [0.05, 0.1) is 16.1 Å². The second-order valence-corrected chi connectivity index (χ2v) is 7.13. The van der Waals surface area contributed by atoms with Gasteiger partial charge in [-0.3, -0.25) is 4.79 Å². The van der Waals surface area contributed by atoms with Crippen molar-refractivity contribution in [3.63, 3.8) is 0 Å². The second-order valence-electron chi connectivity index (χ2n) is 5.13. The lowest BCUT2D eigenvalue weighted by Gasteiger charge is -2.22. The highest BCUT2D eigenvalue weighted by atomic mass is 35.5. The van der Waals surface area contributed by atoms with Crippen LogP contribution in [0.1, 0.15) is 0 Å². The number of thioether (sulfide) groups is 1. The maximum atomic E-state index is 12.2. The Kier molecular flexibility index (Phi) is 5.84. The van der Waals surface area contributed by atoms with Gasteiger partial charge in [0.1, 0.15) is 5.75 Å². The van der Waals surface area contributed by atoms with Gasteiger partial charge in [-0.25, -0.2) is 4.98 Å². The first-order valence-electron chi connectivity index (χ1n) is 7.33. The summed E-state index contributed by atoms with van der Waals surface area (Å²) in [6, 6.07) is 8.24. The first-order valence-corrected chi connectivity index (χ1v) is 9.24. The molecule has 1 unspecified atom stereocenters. The number of carbonyl (C=O) groups is 1. The van der Waals surface area contributed by atoms with E-state index < -0.39 is 0 Å². The van der Waals surface area contributed by atoms with E-state index in [0.717, 1.165) is 18.1 Å². The third-order valence-corrected chi connectivity index (χ3v) is 4.93. The number of benzene rings is 1. The molecular weight excluding hydrogens is 369 g/mol. The summed E-state index contributed by atoms with van der Waals surface area (Å²) in [6.45, 7) is 0.838. The number of anilines is 1. The molecule has 1 amide bonds. The van der Waals surface area contributed by atoms with Crippen molar-refractivity contribution in [2.45, 2.75) is 6.04 Å². The van der Waals surface area contributed by atoms with Crippen molar-refractivity contribution < 1.29 is 9.53 Å². The predicted molar refractivity (Wildman–Crippen MR) is 98.5 cm³/mol. The summed E-state index contributed by atoms with van der Waals surface area (Å²) in [7, 11) is 0. The average Bonchev–Trinajstić information content (AvgIpc) is 2.60. The molecule has 5 nitrogen and oxygen atoms in total. The van der Waals surface area contributed by atoms with E-state index in [-0.39, 0.29) is 11.9 Å². The summed E-state index contributed by atoms with van der Waals surface area (Å²) in [4.78, 5) is 16.3. The third kappa shape index (κ3) is 4.54. The van der Waals surface area contributed by atoms with Crippen LogP contribution in [0.3, 0.4) is 0 Å². The highest BCUT2D eigenvalue weighted by Crippen LogP contribution is 2.31. The Morgan fingerprint density at radius 3 is 2.88 bits per heavy atom. The van der Waals surface area contributed by atoms with Crippen LogP contribution in [0.15, 0.2) is 36.5 Å². The van der Waals surface area contributed by atoms with Crippen LogP contribution in [0.4, 0.5) is 5.69 Å². The summed E-state index contributed by atoms with van der Waals surface area (Å²) < 4.78 is 5.61. The summed E-state index contributed by atoms with van der Waals surface area (Å²) >= 11 is 13.8. The van der Waals surface area contributed by atoms with E-state index in [1.807, 2.05) is 0 Å². The van der Waals surface area contributed by atoms with Crippen molar-refractivity contribution >= 4 is 46.6 Å². The number of nitrogens with one attached hydrogen (secondary N) is 2. The average molecular weight is 384 g/mol. The van der Waals surface area contributed by atoms with E-state index in [0.29, 0.717) is 27.4 Å². The highest BCUT2D eigenvalue weighted by Gasteiger charge is 2.21. The van der Waals surface area contributed by atoms with E-state index in [4.69, 9.17) is 27.9 Å². The fraction of sp³-hybridized carbons (Fsp3) is 0.250. The van der Waals surface area contributed by atoms with Crippen LogP contribution in [-0.4, -0.2) is 35.0 Å². The SMILES string of the molecule is O=C(Nc1ccc(Oc2ccc(Cl)cn2)c(Cl)c1)C1CSCCN1. The van der Waals surface area contributed by atoms with Crippen LogP contribution in [0, 0.1) is 0 Å². The molecule has 2 N–H and O–H groups in total. The van der Waals surface area contributed by atoms with E-state index >= 15 is 0 Å². The Morgan fingerprint density at radius 1 is 1.33 bits per heavy atom. The summed E-state index contributed by atoms with van der Waals surface area (Å²) in [5.74, 6) is 2.58. The molecule has 1 aliphatic rings. The lowest BCUT2D eigenvalue weighted by molar-refractivity contribution is -0.117. The molecule has 1 fully saturated rings. The first kappa shape index (κ1) is 17.4. The van der Waals surface area contributed by atoms with Crippen molar-refractivity contribution in [3.05, 3.63) is 46.6 Å². The number of amides is 1. The van der Waals surface area contributed by atoms with Crippen LogP contribution in [0.5, 0.6) is 11.6 Å². The third-order valence-electron chi connectivity index (χ3n) is 3.35. The molecule has 24 heavy (non-hydrogen) atoms. The number of carbonyl (C=O) groups excluding carboxylic acids is 1. The van der Waals surface area contributed by atoms with Crippen LogP contribution in [0.25, 0.3) is 0 Å². The molecular formula is C16H15Cl2N3O2S. The minimum Gasteiger partial charge on any atom is -0.437 e. The number of aromatic nitrogens is 1. The maximum absolute atomic E-state index is 12.2. The Labute approximate surface area is 154 Å². The van der Waals surface area contributed by atoms with E-state index in [2.05, 4.69) is 15.6 Å². The summed E-state index contributed by atoms with van der Waals surface area (Å²) in [6.07, 6.45) is 1.49. The second kappa shape index (κ2) is 8.07. The van der Waals surface area contributed by atoms with Gasteiger partial charge >= 0.3 is 0 Å². The molecule has 1 atom stereocenters. The molecule has 1 saturated heterocycles. The largest absolute Gasteiger partial charge is 0.437 e. The van der Waals surface area contributed by atoms with Gasteiger partial charge in [-0.15, -0.1) is 0 Å². The zero-order valence-electron chi connectivity index (χ0n) is 12.6. The van der Waals surface area contributed by atoms with Crippen LogP contribution in [-0.2, 0) is 4.79 Å². The van der Waals surface area contributed by atoms with Crippen molar-refractivity contribution in [2.75, 3.05) is 23.4 Å². The van der Waals surface area contributed by atoms with Gasteiger partial charge in [0.15, 0.2) is 0 Å². The van der Waals surface area contributed by atoms with Gasteiger partial charge in [-0.2, -0.15) is 11.8 Å². The molecule has 0 aliphatic carbocycles. The molecule has 1 aliphatic heterocycles. The van der Waals surface area contributed by atoms with Gasteiger partial charge in [0.2, 0.25) is 11.8 Å². The Balaban J connectivity index is 1.65. The van der Waals surface area contributed by atoms with Gasteiger partial charge in [0.25, 0.3) is 0 Å². The predicted octanol–water partition coefficient (Wildman–Crippen LogP) is 3.82. The zero-order valence-corrected chi connectivity index (χ0v) is 14.9. The minimum atomic E-state index is -0.184. The van der Waals surface area contributed by atoms with E-state index in [9.17, 15) is 4.79 Å². The number of hydrogen-bond donors (Lipinski definition) is 2. The van der Waals surface area contributed by atoms with Crippen molar-refractivity contribution in [2.24, 2.45) is 0 Å². The summed E-state index contributed by atoms with van der Waals surface area (Å²) in [5.41, 5.74) is 0.624. The molecule has 2 heterocycles. The van der Waals surface area contributed by atoms with Gasteiger partial charge in [0, 0.05) is 36.0 Å². The monoisotopic (exact) mass is 383 g/mol. The zero-order chi connectivity index (χ0) is 16.9. The number of hydrogen-bond acceptors (Lipinski definition) is 5. The van der Waals surface area contributed by atoms with Crippen LogP contribution >= 0.6 is 35.0 Å². The molecule has 0 radical (unpaired) electrons. The molecule has 8 heteroatoms. The quantitative estimate of drug-likeness (QED) is 0.839. The topological polar surface area (TPSA) is 63.2 Å². The lowest BCUT2D eigenvalue weighted by atomic mass is 10.2. The molecule has 0 spiro atoms. The molecule has 0 bridgehead atoms. The van der Waals surface area contributed by atoms with Crippen molar-refractivity contribution in [3.8, 4) is 11.6 Å². The normalized spacial score (nSPS) is 17.3. The molecule has 2 aromatic rings.